The van der Waals surface area contributed by atoms with E-state index in [0.29, 0.717) is 4.88 Å². The minimum Gasteiger partial charge on any atom is -0.266 e. The SMILES string of the molecule is CC(=NNC(=O)c1cccs1)c1ccc(Br)cc1. The van der Waals surface area contributed by atoms with Crippen LogP contribution in [0, 0.1) is 0 Å². The van der Waals surface area contributed by atoms with Crippen molar-refractivity contribution in [2.24, 2.45) is 5.10 Å². The van der Waals surface area contributed by atoms with Crippen LogP contribution in [0.3, 0.4) is 0 Å². The average molecular weight is 323 g/mol. The molecule has 2 aromatic rings. The van der Waals surface area contributed by atoms with Crippen LogP contribution in [0.25, 0.3) is 0 Å². The van der Waals surface area contributed by atoms with Gasteiger partial charge < -0.3 is 0 Å². The van der Waals surface area contributed by atoms with Gasteiger partial charge in [0, 0.05) is 4.47 Å². The van der Waals surface area contributed by atoms with Crippen molar-refractivity contribution in [2.75, 3.05) is 0 Å². The Labute approximate surface area is 118 Å². The van der Waals surface area contributed by atoms with E-state index >= 15 is 0 Å². The molecule has 0 atom stereocenters. The van der Waals surface area contributed by atoms with E-state index in [1.165, 1.54) is 11.3 Å². The first-order valence-electron chi connectivity index (χ1n) is 5.31. The Bertz CT molecular complexity index is 561. The molecule has 1 N–H and O–H groups in total. The fraction of sp³-hybridized carbons (Fsp3) is 0.0769. The van der Waals surface area contributed by atoms with Crippen molar-refractivity contribution < 1.29 is 4.79 Å². The number of thiophene rings is 1. The van der Waals surface area contributed by atoms with Gasteiger partial charge in [-0.2, -0.15) is 5.10 Å². The van der Waals surface area contributed by atoms with Crippen LogP contribution >= 0.6 is 27.3 Å². The molecule has 18 heavy (non-hydrogen) atoms. The molecule has 3 nitrogen and oxygen atoms in total. The molecule has 92 valence electrons. The van der Waals surface area contributed by atoms with Crippen molar-refractivity contribution in [3.8, 4) is 0 Å². The normalized spacial score (nSPS) is 11.3. The highest BCUT2D eigenvalue weighted by molar-refractivity contribution is 9.10. The highest BCUT2D eigenvalue weighted by atomic mass is 79.9. The van der Waals surface area contributed by atoms with Gasteiger partial charge in [0.15, 0.2) is 0 Å². The number of nitrogens with one attached hydrogen (secondary N) is 1. The summed E-state index contributed by atoms with van der Waals surface area (Å²) in [5.74, 6) is -0.179. The van der Waals surface area contributed by atoms with Crippen LogP contribution in [-0.4, -0.2) is 11.6 Å². The number of hydrogen-bond donors (Lipinski definition) is 1. The molecule has 0 saturated carbocycles. The van der Waals surface area contributed by atoms with Gasteiger partial charge in [-0.25, -0.2) is 5.43 Å². The van der Waals surface area contributed by atoms with Gasteiger partial charge in [-0.3, -0.25) is 4.79 Å². The van der Waals surface area contributed by atoms with Gasteiger partial charge in [0.1, 0.15) is 0 Å². The zero-order chi connectivity index (χ0) is 13.0. The fourth-order valence-corrected chi connectivity index (χ4v) is 2.23. The Balaban J connectivity index is 2.05. The first-order chi connectivity index (χ1) is 8.66. The Kier molecular flexibility index (Phi) is 4.28. The van der Waals surface area contributed by atoms with E-state index in [2.05, 4.69) is 26.5 Å². The standard InChI is InChI=1S/C13H11BrN2OS/c1-9(10-4-6-11(14)7-5-10)15-16-13(17)12-3-2-8-18-12/h2-8H,1H3,(H,16,17). The molecule has 0 aliphatic heterocycles. The van der Waals surface area contributed by atoms with Crippen LogP contribution in [0.2, 0.25) is 0 Å². The number of rotatable bonds is 3. The third-order valence-electron chi connectivity index (χ3n) is 2.33. The quantitative estimate of drug-likeness (QED) is 0.680. The number of hydrazone groups is 1. The largest absolute Gasteiger partial charge is 0.281 e. The maximum Gasteiger partial charge on any atom is 0.281 e. The van der Waals surface area contributed by atoms with Crippen LogP contribution < -0.4 is 5.43 Å². The van der Waals surface area contributed by atoms with Crippen LogP contribution in [-0.2, 0) is 0 Å². The maximum absolute atomic E-state index is 11.7. The van der Waals surface area contributed by atoms with Crippen molar-refractivity contribution >= 4 is 38.9 Å². The summed E-state index contributed by atoms with van der Waals surface area (Å²) in [5.41, 5.74) is 4.29. The Morgan fingerprint density at radius 2 is 2.00 bits per heavy atom. The highest BCUT2D eigenvalue weighted by Crippen LogP contribution is 2.11. The van der Waals surface area contributed by atoms with Gasteiger partial charge >= 0.3 is 0 Å². The lowest BCUT2D eigenvalue weighted by Gasteiger charge is -2.02. The summed E-state index contributed by atoms with van der Waals surface area (Å²) >= 11 is 4.77. The molecule has 0 spiro atoms. The maximum atomic E-state index is 11.7. The number of carbonyl (C=O) groups excluding carboxylic acids is 1. The highest BCUT2D eigenvalue weighted by Gasteiger charge is 2.05. The van der Waals surface area contributed by atoms with E-state index in [1.807, 2.05) is 42.6 Å². The molecule has 5 heteroatoms. The molecule has 1 aromatic carbocycles. The minimum absolute atomic E-state index is 0.179. The summed E-state index contributed by atoms with van der Waals surface area (Å²) in [6, 6.07) is 11.4. The van der Waals surface area contributed by atoms with Gasteiger partial charge in [0.2, 0.25) is 0 Å². The predicted molar refractivity (Wildman–Crippen MR) is 78.1 cm³/mol. The second-order valence-electron chi connectivity index (χ2n) is 3.62. The van der Waals surface area contributed by atoms with E-state index in [4.69, 9.17) is 0 Å². The molecule has 0 radical (unpaired) electrons. The van der Waals surface area contributed by atoms with Crippen LogP contribution in [0.1, 0.15) is 22.2 Å². The van der Waals surface area contributed by atoms with Gasteiger partial charge in [-0.05, 0) is 36.1 Å². The van der Waals surface area contributed by atoms with Crippen molar-refractivity contribution in [1.82, 2.24) is 5.43 Å². The molecule has 0 fully saturated rings. The summed E-state index contributed by atoms with van der Waals surface area (Å²) in [6.45, 7) is 1.86. The Morgan fingerprint density at radius 3 is 2.61 bits per heavy atom. The lowest BCUT2D eigenvalue weighted by molar-refractivity contribution is 0.0959. The summed E-state index contributed by atoms with van der Waals surface area (Å²) in [4.78, 5) is 12.3. The molecule has 0 aliphatic carbocycles. The Morgan fingerprint density at radius 1 is 1.28 bits per heavy atom. The van der Waals surface area contributed by atoms with Crippen molar-refractivity contribution in [2.45, 2.75) is 6.92 Å². The number of nitrogens with zero attached hydrogens (tertiary/aromatic N) is 1. The van der Waals surface area contributed by atoms with E-state index < -0.39 is 0 Å². The van der Waals surface area contributed by atoms with Crippen molar-refractivity contribution in [3.05, 3.63) is 56.7 Å². The van der Waals surface area contributed by atoms with E-state index in [-0.39, 0.29) is 5.91 Å². The topological polar surface area (TPSA) is 41.5 Å². The minimum atomic E-state index is -0.179. The zero-order valence-corrected chi connectivity index (χ0v) is 12.1. The second kappa shape index (κ2) is 5.93. The van der Waals surface area contributed by atoms with E-state index in [0.717, 1.165) is 15.7 Å². The molecule has 0 unspecified atom stereocenters. The molecule has 0 aliphatic rings. The first-order valence-corrected chi connectivity index (χ1v) is 6.98. The molecular weight excluding hydrogens is 312 g/mol. The van der Waals surface area contributed by atoms with Crippen LogP contribution in [0.5, 0.6) is 0 Å². The molecule has 1 amide bonds. The molecule has 1 aromatic heterocycles. The summed E-state index contributed by atoms with van der Waals surface area (Å²) in [6.07, 6.45) is 0. The number of benzene rings is 1. The summed E-state index contributed by atoms with van der Waals surface area (Å²) in [7, 11) is 0. The third-order valence-corrected chi connectivity index (χ3v) is 3.73. The molecule has 1 heterocycles. The zero-order valence-electron chi connectivity index (χ0n) is 9.68. The van der Waals surface area contributed by atoms with Gasteiger partial charge in [-0.15, -0.1) is 11.3 Å². The van der Waals surface area contributed by atoms with E-state index in [9.17, 15) is 4.79 Å². The first kappa shape index (κ1) is 13.0. The number of halogens is 1. The predicted octanol–water partition coefficient (Wildman–Crippen LogP) is 3.66. The summed E-state index contributed by atoms with van der Waals surface area (Å²) in [5, 5.41) is 5.95. The summed E-state index contributed by atoms with van der Waals surface area (Å²) < 4.78 is 1.02. The van der Waals surface area contributed by atoms with Crippen LogP contribution in [0.15, 0.2) is 51.4 Å². The third kappa shape index (κ3) is 3.27. The molecule has 0 bridgehead atoms. The average Bonchev–Trinajstić information content (AvgIpc) is 2.90. The second-order valence-corrected chi connectivity index (χ2v) is 5.49. The number of carbonyl (C=O) groups is 1. The monoisotopic (exact) mass is 322 g/mol. The number of amides is 1. The van der Waals surface area contributed by atoms with Gasteiger partial charge in [0.05, 0.1) is 10.6 Å². The lowest BCUT2D eigenvalue weighted by atomic mass is 10.1. The fourth-order valence-electron chi connectivity index (χ4n) is 1.35. The number of hydrogen-bond acceptors (Lipinski definition) is 3. The van der Waals surface area contributed by atoms with Crippen LogP contribution in [0.4, 0.5) is 0 Å². The van der Waals surface area contributed by atoms with Gasteiger partial charge in [0.25, 0.3) is 5.91 Å². The Hall–Kier alpha value is -1.46. The van der Waals surface area contributed by atoms with Crippen molar-refractivity contribution in [3.63, 3.8) is 0 Å². The van der Waals surface area contributed by atoms with E-state index in [1.54, 1.807) is 6.07 Å². The lowest BCUT2D eigenvalue weighted by Crippen LogP contribution is -2.18. The smallest absolute Gasteiger partial charge is 0.266 e. The van der Waals surface area contributed by atoms with Crippen molar-refractivity contribution in [1.29, 1.82) is 0 Å². The molecular formula is C13H11BrN2OS. The molecule has 2 rings (SSSR count). The molecule has 0 saturated heterocycles. The van der Waals surface area contributed by atoms with Gasteiger partial charge in [-0.1, -0.05) is 34.1 Å².